The molecule has 152 valence electrons. The van der Waals surface area contributed by atoms with E-state index in [4.69, 9.17) is 14.2 Å². The van der Waals surface area contributed by atoms with Crippen molar-refractivity contribution >= 4 is 12.0 Å². The summed E-state index contributed by atoms with van der Waals surface area (Å²) in [6.07, 6.45) is 2.88. The van der Waals surface area contributed by atoms with E-state index in [1.54, 1.807) is 7.11 Å². The molecule has 0 aromatic heterocycles. The third-order valence-corrected chi connectivity index (χ3v) is 6.03. The highest BCUT2D eigenvalue weighted by atomic mass is 16.6. The zero-order chi connectivity index (χ0) is 19.5. The summed E-state index contributed by atoms with van der Waals surface area (Å²) in [4.78, 5) is 28.7. The Balaban J connectivity index is 1.29. The van der Waals surface area contributed by atoms with Crippen molar-refractivity contribution in [1.82, 2.24) is 9.80 Å². The summed E-state index contributed by atoms with van der Waals surface area (Å²) in [5.74, 6) is 1.08. The summed E-state index contributed by atoms with van der Waals surface area (Å²) in [6, 6.07) is 7.98. The predicted octanol–water partition coefficient (Wildman–Crippen LogP) is 2.09. The zero-order valence-corrected chi connectivity index (χ0v) is 16.3. The van der Waals surface area contributed by atoms with Gasteiger partial charge in [-0.2, -0.15) is 0 Å². The van der Waals surface area contributed by atoms with Crippen LogP contribution in [0.3, 0.4) is 0 Å². The second kappa shape index (κ2) is 8.39. The summed E-state index contributed by atoms with van der Waals surface area (Å²) in [5.41, 5.74) is 1.22. The monoisotopic (exact) mass is 388 g/mol. The quantitative estimate of drug-likeness (QED) is 0.746. The van der Waals surface area contributed by atoms with E-state index in [2.05, 4.69) is 0 Å². The number of aryl methyl sites for hydroxylation is 1. The van der Waals surface area contributed by atoms with Crippen molar-refractivity contribution in [1.29, 1.82) is 0 Å². The molecule has 7 heteroatoms. The molecule has 0 N–H and O–H groups in total. The summed E-state index contributed by atoms with van der Waals surface area (Å²) in [6.45, 7) is 3.05. The molecule has 3 saturated heterocycles. The lowest BCUT2D eigenvalue weighted by Gasteiger charge is -2.27. The molecule has 4 rings (SSSR count). The number of rotatable bonds is 6. The van der Waals surface area contributed by atoms with Crippen molar-refractivity contribution < 1.29 is 23.8 Å². The van der Waals surface area contributed by atoms with Gasteiger partial charge in [-0.15, -0.1) is 0 Å². The van der Waals surface area contributed by atoms with Crippen LogP contribution in [-0.2, 0) is 20.7 Å². The van der Waals surface area contributed by atoms with E-state index >= 15 is 0 Å². The summed E-state index contributed by atoms with van der Waals surface area (Å²) in [7, 11) is 1.65. The van der Waals surface area contributed by atoms with E-state index in [-0.39, 0.29) is 30.1 Å². The van der Waals surface area contributed by atoms with Crippen molar-refractivity contribution in [2.45, 2.75) is 37.8 Å². The molecule has 7 nitrogen and oxygen atoms in total. The van der Waals surface area contributed by atoms with Crippen LogP contribution in [0.15, 0.2) is 24.3 Å². The summed E-state index contributed by atoms with van der Waals surface area (Å²) in [5, 5.41) is 0. The number of methoxy groups -OCH3 is 1. The lowest BCUT2D eigenvalue weighted by Crippen LogP contribution is -2.42. The summed E-state index contributed by atoms with van der Waals surface area (Å²) < 4.78 is 16.1. The number of likely N-dealkylation sites (tertiary alicyclic amines) is 1. The number of benzene rings is 1. The van der Waals surface area contributed by atoms with Crippen LogP contribution in [0.1, 0.15) is 24.8 Å². The van der Waals surface area contributed by atoms with Gasteiger partial charge < -0.3 is 19.1 Å². The van der Waals surface area contributed by atoms with Gasteiger partial charge in [0.1, 0.15) is 11.9 Å². The van der Waals surface area contributed by atoms with Crippen LogP contribution < -0.4 is 4.74 Å². The Morgan fingerprint density at radius 3 is 2.64 bits per heavy atom. The maximum Gasteiger partial charge on any atom is 0.410 e. The molecule has 0 unspecified atom stereocenters. The Bertz CT molecular complexity index is 701. The fourth-order valence-corrected chi connectivity index (χ4v) is 4.39. The average molecular weight is 388 g/mol. The molecule has 2 amide bonds. The molecule has 3 heterocycles. The minimum atomic E-state index is -0.247. The second-order valence-electron chi connectivity index (χ2n) is 7.76. The van der Waals surface area contributed by atoms with Crippen molar-refractivity contribution in [2.75, 3.05) is 40.0 Å². The number of amides is 2. The Hall–Kier alpha value is -2.28. The van der Waals surface area contributed by atoms with E-state index in [1.165, 1.54) is 5.56 Å². The van der Waals surface area contributed by atoms with Crippen LogP contribution in [0.4, 0.5) is 4.79 Å². The van der Waals surface area contributed by atoms with Gasteiger partial charge in [-0.05, 0) is 43.4 Å². The standard InChI is InChI=1S/C21H28N2O5/c1-26-17-6-4-15(5-7-17)3-2-10-23-18-13-22(14-19(18)28-21(23)25)20(24)16-8-11-27-12-9-16/h4-7,16,18-19H,2-3,8-14H2,1H3/t18-,19+/m0/s1. The molecule has 0 aliphatic carbocycles. The van der Waals surface area contributed by atoms with Crippen LogP contribution in [0.5, 0.6) is 5.75 Å². The molecular formula is C21H28N2O5. The number of carbonyl (C=O) groups is 2. The topological polar surface area (TPSA) is 68.3 Å². The maximum atomic E-state index is 12.8. The van der Waals surface area contributed by atoms with Gasteiger partial charge in [-0.25, -0.2) is 4.79 Å². The predicted molar refractivity (Wildman–Crippen MR) is 102 cm³/mol. The molecule has 1 aromatic rings. The normalized spacial score (nSPS) is 25.0. The first-order valence-electron chi connectivity index (χ1n) is 10.1. The smallest absolute Gasteiger partial charge is 0.410 e. The van der Waals surface area contributed by atoms with Gasteiger partial charge in [0, 0.05) is 32.2 Å². The Kier molecular flexibility index (Phi) is 5.71. The first-order chi connectivity index (χ1) is 13.7. The Morgan fingerprint density at radius 2 is 1.93 bits per heavy atom. The van der Waals surface area contributed by atoms with E-state index in [9.17, 15) is 9.59 Å². The molecule has 0 radical (unpaired) electrons. The highest BCUT2D eigenvalue weighted by Crippen LogP contribution is 2.29. The molecular weight excluding hydrogens is 360 g/mol. The fraction of sp³-hybridized carbons (Fsp3) is 0.619. The summed E-state index contributed by atoms with van der Waals surface area (Å²) >= 11 is 0. The molecule has 28 heavy (non-hydrogen) atoms. The molecule has 0 bridgehead atoms. The van der Waals surface area contributed by atoms with Crippen molar-refractivity contribution in [3.05, 3.63) is 29.8 Å². The highest BCUT2D eigenvalue weighted by molar-refractivity contribution is 5.80. The first kappa shape index (κ1) is 19.1. The molecule has 2 atom stereocenters. The first-order valence-corrected chi connectivity index (χ1v) is 10.1. The molecule has 3 aliphatic rings. The SMILES string of the molecule is COc1ccc(CCCN2C(=O)O[C@@H]3CN(C(=O)C4CCOCC4)C[C@@H]32)cc1. The second-order valence-corrected chi connectivity index (χ2v) is 7.76. The third kappa shape index (κ3) is 3.94. The molecule has 0 saturated carbocycles. The molecule has 3 fully saturated rings. The fourth-order valence-electron chi connectivity index (χ4n) is 4.39. The highest BCUT2D eigenvalue weighted by Gasteiger charge is 2.49. The van der Waals surface area contributed by atoms with Gasteiger partial charge in [0.2, 0.25) is 5.91 Å². The van der Waals surface area contributed by atoms with Crippen LogP contribution in [0.2, 0.25) is 0 Å². The van der Waals surface area contributed by atoms with Crippen LogP contribution in [-0.4, -0.2) is 73.9 Å². The zero-order valence-electron chi connectivity index (χ0n) is 16.3. The van der Waals surface area contributed by atoms with Crippen LogP contribution in [0.25, 0.3) is 0 Å². The average Bonchev–Trinajstić information content (AvgIpc) is 3.26. The molecule has 3 aliphatic heterocycles. The van der Waals surface area contributed by atoms with Gasteiger partial charge >= 0.3 is 6.09 Å². The number of ether oxygens (including phenoxy) is 3. The Morgan fingerprint density at radius 1 is 1.18 bits per heavy atom. The van der Waals surface area contributed by atoms with E-state index in [1.807, 2.05) is 34.1 Å². The van der Waals surface area contributed by atoms with Gasteiger partial charge in [0.25, 0.3) is 0 Å². The van der Waals surface area contributed by atoms with E-state index in [0.29, 0.717) is 32.8 Å². The van der Waals surface area contributed by atoms with Gasteiger partial charge in [0.05, 0.1) is 19.7 Å². The minimum Gasteiger partial charge on any atom is -0.497 e. The van der Waals surface area contributed by atoms with Crippen molar-refractivity contribution in [3.8, 4) is 5.75 Å². The lowest BCUT2D eigenvalue weighted by atomic mass is 9.99. The number of fused-ring (bicyclic) bond motifs is 1. The van der Waals surface area contributed by atoms with E-state index in [0.717, 1.165) is 31.4 Å². The van der Waals surface area contributed by atoms with Crippen molar-refractivity contribution in [3.63, 3.8) is 0 Å². The van der Waals surface area contributed by atoms with Gasteiger partial charge in [-0.3, -0.25) is 9.69 Å². The molecule has 0 spiro atoms. The lowest BCUT2D eigenvalue weighted by molar-refractivity contribution is -0.138. The minimum absolute atomic E-state index is 0.0212. The Labute approximate surface area is 165 Å². The number of hydrogen-bond donors (Lipinski definition) is 0. The maximum absolute atomic E-state index is 12.8. The van der Waals surface area contributed by atoms with E-state index < -0.39 is 0 Å². The number of hydrogen-bond acceptors (Lipinski definition) is 5. The van der Waals surface area contributed by atoms with Crippen LogP contribution in [0, 0.1) is 5.92 Å². The number of carbonyl (C=O) groups excluding carboxylic acids is 2. The van der Waals surface area contributed by atoms with Crippen molar-refractivity contribution in [2.24, 2.45) is 5.92 Å². The molecule has 1 aromatic carbocycles. The van der Waals surface area contributed by atoms with Crippen LogP contribution >= 0.6 is 0 Å². The van der Waals surface area contributed by atoms with Gasteiger partial charge in [-0.1, -0.05) is 12.1 Å². The third-order valence-electron chi connectivity index (χ3n) is 6.03. The number of nitrogens with zero attached hydrogens (tertiary/aromatic N) is 2. The van der Waals surface area contributed by atoms with Gasteiger partial charge in [0.15, 0.2) is 0 Å². The largest absolute Gasteiger partial charge is 0.497 e.